The molecule has 1 aromatic heterocycles. The van der Waals surface area contributed by atoms with Gasteiger partial charge in [0.05, 0.1) is 21.5 Å². The molecule has 0 bridgehead atoms. The summed E-state index contributed by atoms with van der Waals surface area (Å²) in [6.07, 6.45) is 0. The quantitative estimate of drug-likeness (QED) is 0.879. The molecule has 1 heterocycles. The number of hydrogen-bond acceptors (Lipinski definition) is 3. The number of rotatable bonds is 3. The van der Waals surface area contributed by atoms with Crippen LogP contribution in [0.5, 0.6) is 5.75 Å². The van der Waals surface area contributed by atoms with Gasteiger partial charge in [0.25, 0.3) is 0 Å². The van der Waals surface area contributed by atoms with Crippen molar-refractivity contribution in [1.29, 1.82) is 0 Å². The number of nitrogen functional groups attached to an aromatic ring is 1. The van der Waals surface area contributed by atoms with Crippen LogP contribution < -0.4 is 10.5 Å². The molecule has 0 spiro atoms. The van der Waals surface area contributed by atoms with Crippen molar-refractivity contribution in [3.8, 4) is 5.75 Å². The van der Waals surface area contributed by atoms with Gasteiger partial charge in [-0.3, -0.25) is 4.68 Å². The highest BCUT2D eigenvalue weighted by molar-refractivity contribution is 9.10. The standard InChI is InChI=1S/C12H13BrClN3O/c1-7-12(13)10(17(2)16-7)6-18-11-4-3-8(14)5-9(11)15/h3-5H,6,15H2,1-2H3. The molecular weight excluding hydrogens is 318 g/mol. The zero-order chi connectivity index (χ0) is 13.3. The molecule has 0 saturated carbocycles. The van der Waals surface area contributed by atoms with Gasteiger partial charge in [0.15, 0.2) is 0 Å². The van der Waals surface area contributed by atoms with Gasteiger partial charge in [-0.1, -0.05) is 11.6 Å². The van der Waals surface area contributed by atoms with Crippen molar-refractivity contribution in [2.24, 2.45) is 7.05 Å². The predicted octanol–water partition coefficient (Wildman–Crippen LogP) is 3.31. The Kier molecular flexibility index (Phi) is 3.82. The summed E-state index contributed by atoms with van der Waals surface area (Å²) in [7, 11) is 1.88. The van der Waals surface area contributed by atoms with E-state index < -0.39 is 0 Å². The summed E-state index contributed by atoms with van der Waals surface area (Å²) in [5.41, 5.74) is 8.24. The molecule has 0 radical (unpaired) electrons. The van der Waals surface area contributed by atoms with Crippen molar-refractivity contribution >= 4 is 33.2 Å². The van der Waals surface area contributed by atoms with Crippen molar-refractivity contribution in [1.82, 2.24) is 9.78 Å². The van der Waals surface area contributed by atoms with E-state index in [1.807, 2.05) is 14.0 Å². The van der Waals surface area contributed by atoms with Crippen LogP contribution in [0.3, 0.4) is 0 Å². The van der Waals surface area contributed by atoms with Crippen LogP contribution >= 0.6 is 27.5 Å². The molecule has 6 heteroatoms. The van der Waals surface area contributed by atoms with E-state index in [2.05, 4.69) is 21.0 Å². The zero-order valence-corrected chi connectivity index (χ0v) is 12.4. The van der Waals surface area contributed by atoms with E-state index in [0.29, 0.717) is 23.1 Å². The summed E-state index contributed by atoms with van der Waals surface area (Å²) in [6.45, 7) is 2.33. The fourth-order valence-electron chi connectivity index (χ4n) is 1.63. The van der Waals surface area contributed by atoms with Crippen LogP contribution in [-0.4, -0.2) is 9.78 Å². The Morgan fingerprint density at radius 2 is 2.22 bits per heavy atom. The van der Waals surface area contributed by atoms with Gasteiger partial charge in [-0.2, -0.15) is 5.10 Å². The fourth-order valence-corrected chi connectivity index (χ4v) is 2.26. The lowest BCUT2D eigenvalue weighted by Gasteiger charge is -2.09. The lowest BCUT2D eigenvalue weighted by molar-refractivity contribution is 0.295. The second-order valence-electron chi connectivity index (χ2n) is 3.94. The predicted molar refractivity (Wildman–Crippen MR) is 75.8 cm³/mol. The molecular formula is C12H13BrClN3O. The molecule has 2 rings (SSSR count). The Balaban J connectivity index is 2.16. The summed E-state index contributed by atoms with van der Waals surface area (Å²) in [5.74, 6) is 0.616. The summed E-state index contributed by atoms with van der Waals surface area (Å²) in [5, 5.41) is 4.89. The van der Waals surface area contributed by atoms with E-state index in [1.54, 1.807) is 22.9 Å². The first-order valence-corrected chi connectivity index (χ1v) is 6.52. The average Bonchev–Trinajstić information content (AvgIpc) is 2.53. The zero-order valence-electron chi connectivity index (χ0n) is 10.1. The minimum absolute atomic E-state index is 0.393. The molecule has 0 aliphatic rings. The Bertz CT molecular complexity index is 583. The van der Waals surface area contributed by atoms with Crippen LogP contribution in [0, 0.1) is 6.92 Å². The van der Waals surface area contributed by atoms with Crippen molar-refractivity contribution in [2.75, 3.05) is 5.73 Å². The topological polar surface area (TPSA) is 53.1 Å². The molecule has 0 fully saturated rings. The van der Waals surface area contributed by atoms with Gasteiger partial charge in [0.2, 0.25) is 0 Å². The Hall–Kier alpha value is -1.20. The minimum Gasteiger partial charge on any atom is -0.485 e. The molecule has 0 atom stereocenters. The van der Waals surface area contributed by atoms with E-state index in [9.17, 15) is 0 Å². The summed E-state index contributed by atoms with van der Waals surface area (Å²) in [4.78, 5) is 0. The minimum atomic E-state index is 0.393. The number of halogens is 2. The van der Waals surface area contributed by atoms with Gasteiger partial charge in [0, 0.05) is 12.1 Å². The first-order valence-electron chi connectivity index (χ1n) is 5.35. The first kappa shape index (κ1) is 13.2. The number of benzene rings is 1. The molecule has 0 aliphatic heterocycles. The maximum Gasteiger partial charge on any atom is 0.142 e. The van der Waals surface area contributed by atoms with Gasteiger partial charge in [-0.05, 0) is 41.1 Å². The molecule has 2 N–H and O–H groups in total. The number of nitrogens with zero attached hydrogens (tertiary/aromatic N) is 2. The highest BCUT2D eigenvalue weighted by Crippen LogP contribution is 2.27. The third-order valence-corrected chi connectivity index (χ3v) is 3.86. The largest absolute Gasteiger partial charge is 0.485 e. The van der Waals surface area contributed by atoms with Crippen molar-refractivity contribution in [3.63, 3.8) is 0 Å². The van der Waals surface area contributed by atoms with Crippen LogP contribution in [0.4, 0.5) is 5.69 Å². The number of aryl methyl sites for hydroxylation is 2. The highest BCUT2D eigenvalue weighted by atomic mass is 79.9. The van der Waals surface area contributed by atoms with Crippen LogP contribution in [0.1, 0.15) is 11.4 Å². The van der Waals surface area contributed by atoms with Gasteiger partial charge in [-0.25, -0.2) is 0 Å². The van der Waals surface area contributed by atoms with Gasteiger partial charge < -0.3 is 10.5 Å². The molecule has 0 saturated heterocycles. The Morgan fingerprint density at radius 1 is 1.50 bits per heavy atom. The van der Waals surface area contributed by atoms with Crippen molar-refractivity contribution in [3.05, 3.63) is 39.1 Å². The van der Waals surface area contributed by atoms with Gasteiger partial charge >= 0.3 is 0 Å². The average molecular weight is 331 g/mol. The molecule has 4 nitrogen and oxygen atoms in total. The SMILES string of the molecule is Cc1nn(C)c(COc2ccc(Cl)cc2N)c1Br. The lowest BCUT2D eigenvalue weighted by atomic mass is 10.3. The normalized spacial score (nSPS) is 10.7. The highest BCUT2D eigenvalue weighted by Gasteiger charge is 2.11. The molecule has 0 aliphatic carbocycles. The number of hydrogen-bond donors (Lipinski definition) is 1. The Morgan fingerprint density at radius 3 is 2.78 bits per heavy atom. The number of anilines is 1. The van der Waals surface area contributed by atoms with Crippen molar-refractivity contribution < 1.29 is 4.74 Å². The monoisotopic (exact) mass is 329 g/mol. The van der Waals surface area contributed by atoms with E-state index in [0.717, 1.165) is 15.9 Å². The van der Waals surface area contributed by atoms with Crippen LogP contribution in [-0.2, 0) is 13.7 Å². The second-order valence-corrected chi connectivity index (χ2v) is 5.17. The molecule has 1 aromatic carbocycles. The molecule has 18 heavy (non-hydrogen) atoms. The van der Waals surface area contributed by atoms with Crippen LogP contribution in [0.15, 0.2) is 22.7 Å². The van der Waals surface area contributed by atoms with Gasteiger partial charge in [-0.15, -0.1) is 0 Å². The number of aromatic nitrogens is 2. The van der Waals surface area contributed by atoms with Gasteiger partial charge in [0.1, 0.15) is 12.4 Å². The summed E-state index contributed by atoms with van der Waals surface area (Å²) < 4.78 is 8.42. The second kappa shape index (κ2) is 5.20. The van der Waals surface area contributed by atoms with E-state index in [-0.39, 0.29) is 0 Å². The maximum atomic E-state index is 5.83. The number of ether oxygens (including phenoxy) is 1. The van der Waals surface area contributed by atoms with E-state index in [4.69, 9.17) is 22.1 Å². The first-order chi connectivity index (χ1) is 8.49. The summed E-state index contributed by atoms with van der Waals surface area (Å²) in [6, 6.07) is 5.17. The number of nitrogens with two attached hydrogens (primary N) is 1. The molecule has 96 valence electrons. The fraction of sp³-hybridized carbons (Fsp3) is 0.250. The van der Waals surface area contributed by atoms with Crippen LogP contribution in [0.2, 0.25) is 5.02 Å². The van der Waals surface area contributed by atoms with Crippen molar-refractivity contribution in [2.45, 2.75) is 13.5 Å². The molecule has 0 unspecified atom stereocenters. The summed E-state index contributed by atoms with van der Waals surface area (Å²) >= 11 is 9.32. The third kappa shape index (κ3) is 2.62. The van der Waals surface area contributed by atoms with Crippen LogP contribution in [0.25, 0.3) is 0 Å². The lowest BCUT2D eigenvalue weighted by Crippen LogP contribution is -2.04. The molecule has 2 aromatic rings. The smallest absolute Gasteiger partial charge is 0.142 e. The molecule has 0 amide bonds. The Labute approximate surface area is 119 Å². The maximum absolute atomic E-state index is 5.83. The third-order valence-electron chi connectivity index (χ3n) is 2.60. The van der Waals surface area contributed by atoms with E-state index in [1.165, 1.54) is 0 Å². The van der Waals surface area contributed by atoms with E-state index >= 15 is 0 Å².